The molecular formula is C11H11NO4. The molecule has 1 aromatic carbocycles. The number of hydrogen-bond donors (Lipinski definition) is 0. The van der Waals surface area contributed by atoms with Crippen molar-refractivity contribution < 1.29 is 19.0 Å². The molecule has 0 saturated heterocycles. The second-order valence-electron chi connectivity index (χ2n) is 3.16. The van der Waals surface area contributed by atoms with Crippen molar-refractivity contribution in [3.05, 3.63) is 24.3 Å². The fraction of sp³-hybridized carbons (Fsp3) is 0.273. The number of aliphatic imine (C=N–C) groups is 1. The van der Waals surface area contributed by atoms with E-state index in [-0.39, 0.29) is 12.5 Å². The molecule has 16 heavy (non-hydrogen) atoms. The van der Waals surface area contributed by atoms with E-state index < -0.39 is 6.10 Å². The van der Waals surface area contributed by atoms with Crippen LogP contribution >= 0.6 is 0 Å². The molecule has 1 unspecified atom stereocenters. The summed E-state index contributed by atoms with van der Waals surface area (Å²) in [7, 11) is 1.56. The quantitative estimate of drug-likeness (QED) is 0.761. The van der Waals surface area contributed by atoms with Crippen molar-refractivity contribution in [3.63, 3.8) is 0 Å². The van der Waals surface area contributed by atoms with E-state index in [0.717, 1.165) is 6.40 Å². The van der Waals surface area contributed by atoms with Crippen molar-refractivity contribution >= 4 is 12.3 Å². The summed E-state index contributed by atoms with van der Waals surface area (Å²) in [5.74, 6) is 0.872. The molecule has 2 rings (SSSR count). The van der Waals surface area contributed by atoms with Gasteiger partial charge in [-0.3, -0.25) is 4.79 Å². The average molecular weight is 221 g/mol. The Hall–Kier alpha value is -2.04. The first-order valence-corrected chi connectivity index (χ1v) is 4.79. The lowest BCUT2D eigenvalue weighted by molar-refractivity contribution is -0.123. The average Bonchev–Trinajstić information content (AvgIpc) is 2.72. The molecule has 1 atom stereocenters. The maximum Gasteiger partial charge on any atom is 0.293 e. The number of carbonyl (C=O) groups excluding carboxylic acids is 1. The van der Waals surface area contributed by atoms with E-state index in [0.29, 0.717) is 11.5 Å². The van der Waals surface area contributed by atoms with Gasteiger partial charge in [0, 0.05) is 0 Å². The lowest BCUT2D eigenvalue weighted by Crippen LogP contribution is -2.24. The van der Waals surface area contributed by atoms with Crippen LogP contribution in [0.4, 0.5) is 0 Å². The van der Waals surface area contributed by atoms with E-state index in [2.05, 4.69) is 4.99 Å². The molecule has 1 aliphatic rings. The van der Waals surface area contributed by atoms with Gasteiger partial charge in [-0.15, -0.1) is 0 Å². The molecule has 0 saturated carbocycles. The third-order valence-corrected chi connectivity index (χ3v) is 2.14. The van der Waals surface area contributed by atoms with Gasteiger partial charge < -0.3 is 14.2 Å². The number of para-hydroxylation sites is 2. The van der Waals surface area contributed by atoms with Crippen molar-refractivity contribution in [1.82, 2.24) is 0 Å². The van der Waals surface area contributed by atoms with Crippen LogP contribution < -0.4 is 9.47 Å². The maximum atomic E-state index is 11.1. The summed E-state index contributed by atoms with van der Waals surface area (Å²) in [5, 5.41) is 0. The number of carbonyl (C=O) groups is 1. The van der Waals surface area contributed by atoms with Crippen LogP contribution in [0.25, 0.3) is 0 Å². The van der Waals surface area contributed by atoms with Crippen LogP contribution in [0.3, 0.4) is 0 Å². The molecule has 5 heteroatoms. The van der Waals surface area contributed by atoms with E-state index in [1.807, 2.05) is 12.1 Å². The van der Waals surface area contributed by atoms with E-state index in [4.69, 9.17) is 14.2 Å². The highest BCUT2D eigenvalue weighted by Gasteiger charge is 2.24. The molecule has 0 aliphatic carbocycles. The van der Waals surface area contributed by atoms with E-state index in [1.165, 1.54) is 0 Å². The van der Waals surface area contributed by atoms with E-state index in [9.17, 15) is 4.79 Å². The van der Waals surface area contributed by atoms with E-state index in [1.54, 1.807) is 19.2 Å². The first-order chi connectivity index (χ1) is 7.81. The SMILES string of the molecule is COc1ccccc1OCC1OC=NC1=O. The Balaban J connectivity index is 1.97. The van der Waals surface area contributed by atoms with Gasteiger partial charge >= 0.3 is 0 Å². The van der Waals surface area contributed by atoms with Gasteiger partial charge in [-0.1, -0.05) is 12.1 Å². The highest BCUT2D eigenvalue weighted by atomic mass is 16.6. The number of methoxy groups -OCH3 is 1. The van der Waals surface area contributed by atoms with Gasteiger partial charge in [0.2, 0.25) is 6.10 Å². The van der Waals surface area contributed by atoms with Crippen LogP contribution in [0.2, 0.25) is 0 Å². The summed E-state index contributed by atoms with van der Waals surface area (Å²) >= 11 is 0. The second-order valence-corrected chi connectivity index (χ2v) is 3.16. The van der Waals surface area contributed by atoms with Gasteiger partial charge in [0.15, 0.2) is 17.9 Å². The molecule has 1 aliphatic heterocycles. The number of amides is 1. The van der Waals surface area contributed by atoms with Crippen LogP contribution in [0.5, 0.6) is 11.5 Å². The third kappa shape index (κ3) is 2.13. The third-order valence-electron chi connectivity index (χ3n) is 2.14. The second kappa shape index (κ2) is 4.65. The zero-order chi connectivity index (χ0) is 11.4. The van der Waals surface area contributed by atoms with Crippen molar-refractivity contribution in [2.75, 3.05) is 13.7 Å². The van der Waals surface area contributed by atoms with Crippen LogP contribution in [0.15, 0.2) is 29.3 Å². The minimum Gasteiger partial charge on any atom is -0.493 e. The van der Waals surface area contributed by atoms with Crippen LogP contribution in [-0.2, 0) is 9.53 Å². The fourth-order valence-corrected chi connectivity index (χ4v) is 1.31. The molecule has 0 bridgehead atoms. The molecule has 1 heterocycles. The summed E-state index contributed by atoms with van der Waals surface area (Å²) in [6.07, 6.45) is 0.489. The largest absolute Gasteiger partial charge is 0.493 e. The number of ether oxygens (including phenoxy) is 3. The van der Waals surface area contributed by atoms with Gasteiger partial charge in [0.1, 0.15) is 6.61 Å². The Morgan fingerprint density at radius 2 is 2.12 bits per heavy atom. The molecule has 0 aromatic heterocycles. The normalized spacial score (nSPS) is 18.3. The standard InChI is InChI=1S/C11H11NO4/c1-14-8-4-2-3-5-9(8)15-6-10-11(13)12-7-16-10/h2-5,7,10H,6H2,1H3. The van der Waals surface area contributed by atoms with Crippen molar-refractivity contribution in [2.24, 2.45) is 4.99 Å². The van der Waals surface area contributed by atoms with Gasteiger partial charge in [0.05, 0.1) is 7.11 Å². The number of hydrogen-bond acceptors (Lipinski definition) is 4. The summed E-state index contributed by atoms with van der Waals surface area (Å²) in [4.78, 5) is 14.6. The molecule has 0 radical (unpaired) electrons. The number of nitrogens with zero attached hydrogens (tertiary/aromatic N) is 1. The molecule has 0 fully saturated rings. The first kappa shape index (κ1) is 10.5. The molecule has 84 valence electrons. The van der Waals surface area contributed by atoms with Crippen molar-refractivity contribution in [2.45, 2.75) is 6.10 Å². The maximum absolute atomic E-state index is 11.1. The Morgan fingerprint density at radius 1 is 1.38 bits per heavy atom. The summed E-state index contributed by atoms with van der Waals surface area (Å²) in [6, 6.07) is 7.21. The van der Waals surface area contributed by atoms with Crippen LogP contribution in [0, 0.1) is 0 Å². The Bertz CT molecular complexity index is 416. The molecular weight excluding hydrogens is 210 g/mol. The fourth-order valence-electron chi connectivity index (χ4n) is 1.31. The number of benzene rings is 1. The Morgan fingerprint density at radius 3 is 2.75 bits per heavy atom. The predicted molar refractivity (Wildman–Crippen MR) is 56.9 cm³/mol. The zero-order valence-electron chi connectivity index (χ0n) is 8.75. The minimum absolute atomic E-state index is 0.124. The monoisotopic (exact) mass is 221 g/mol. The molecule has 1 amide bonds. The van der Waals surface area contributed by atoms with Crippen LogP contribution in [-0.4, -0.2) is 32.1 Å². The Labute approximate surface area is 92.6 Å². The minimum atomic E-state index is -0.648. The highest BCUT2D eigenvalue weighted by Crippen LogP contribution is 2.26. The lowest BCUT2D eigenvalue weighted by atomic mass is 10.3. The van der Waals surface area contributed by atoms with E-state index >= 15 is 0 Å². The molecule has 5 nitrogen and oxygen atoms in total. The lowest BCUT2D eigenvalue weighted by Gasteiger charge is -2.12. The topological polar surface area (TPSA) is 57.1 Å². The van der Waals surface area contributed by atoms with Crippen molar-refractivity contribution in [3.8, 4) is 11.5 Å². The number of rotatable bonds is 4. The van der Waals surface area contributed by atoms with Gasteiger partial charge in [-0.25, -0.2) is 0 Å². The van der Waals surface area contributed by atoms with Crippen molar-refractivity contribution in [1.29, 1.82) is 0 Å². The predicted octanol–water partition coefficient (Wildman–Crippen LogP) is 1.03. The van der Waals surface area contributed by atoms with Gasteiger partial charge in [0.25, 0.3) is 5.91 Å². The summed E-state index contributed by atoms with van der Waals surface area (Å²) in [5.41, 5.74) is 0. The molecule has 0 spiro atoms. The smallest absolute Gasteiger partial charge is 0.293 e. The first-order valence-electron chi connectivity index (χ1n) is 4.79. The summed E-state index contributed by atoms with van der Waals surface area (Å²) < 4.78 is 15.5. The van der Waals surface area contributed by atoms with Gasteiger partial charge in [-0.2, -0.15) is 4.99 Å². The summed E-state index contributed by atoms with van der Waals surface area (Å²) in [6.45, 7) is 0.124. The highest BCUT2D eigenvalue weighted by molar-refractivity contribution is 5.91. The zero-order valence-corrected chi connectivity index (χ0v) is 8.75. The molecule has 0 N–H and O–H groups in total. The van der Waals surface area contributed by atoms with Gasteiger partial charge in [-0.05, 0) is 12.1 Å². The van der Waals surface area contributed by atoms with Crippen LogP contribution in [0.1, 0.15) is 0 Å². The molecule has 1 aromatic rings. The Kier molecular flexibility index (Phi) is 3.05.